The number of nitrogens with one attached hydrogen (secondary N) is 2. The van der Waals surface area contributed by atoms with Crippen LogP contribution in [0.3, 0.4) is 0 Å². The van der Waals surface area contributed by atoms with Crippen LogP contribution in [0.2, 0.25) is 0 Å². The molecule has 4 aromatic rings. The van der Waals surface area contributed by atoms with Crippen LogP contribution in [0.25, 0.3) is 10.9 Å². The molecule has 2 atom stereocenters. The van der Waals surface area contributed by atoms with Gasteiger partial charge in [0.2, 0.25) is 11.4 Å². The second-order valence-electron chi connectivity index (χ2n) is 13.0. The van der Waals surface area contributed by atoms with E-state index in [1.54, 1.807) is 18.3 Å². The summed E-state index contributed by atoms with van der Waals surface area (Å²) in [4.78, 5) is 21.1. The normalized spacial score (nSPS) is 15.9. The van der Waals surface area contributed by atoms with Gasteiger partial charge in [-0.05, 0) is 69.1 Å². The van der Waals surface area contributed by atoms with Crippen LogP contribution in [0.15, 0.2) is 70.0 Å². The van der Waals surface area contributed by atoms with Crippen molar-refractivity contribution in [2.24, 2.45) is 5.92 Å². The zero-order valence-corrected chi connectivity index (χ0v) is 27.1. The Morgan fingerprint density at radius 2 is 1.72 bits per heavy atom. The third kappa shape index (κ3) is 8.45. The highest BCUT2D eigenvalue weighted by Crippen LogP contribution is 2.44. The van der Waals surface area contributed by atoms with E-state index in [1.807, 2.05) is 30.3 Å². The van der Waals surface area contributed by atoms with Gasteiger partial charge in [0, 0.05) is 23.9 Å². The molecule has 2 aromatic carbocycles. The number of oxazole rings is 1. The summed E-state index contributed by atoms with van der Waals surface area (Å²) in [6.45, 7) is 2.91. The minimum absolute atomic E-state index is 0.00287. The summed E-state index contributed by atoms with van der Waals surface area (Å²) in [5.74, 6) is 1.33. The van der Waals surface area contributed by atoms with Crippen molar-refractivity contribution in [2.45, 2.75) is 88.9 Å². The van der Waals surface area contributed by atoms with Crippen molar-refractivity contribution in [3.63, 3.8) is 0 Å². The second-order valence-corrected chi connectivity index (χ2v) is 13.0. The molecule has 5 rings (SSSR count). The number of aromatic hydroxyl groups is 1. The Bertz CT molecular complexity index is 1570. The zero-order chi connectivity index (χ0) is 32.4. The third-order valence-electron chi connectivity index (χ3n) is 9.46. The van der Waals surface area contributed by atoms with E-state index in [2.05, 4.69) is 27.2 Å². The molecule has 2 heterocycles. The van der Waals surface area contributed by atoms with E-state index in [0.29, 0.717) is 35.4 Å². The first-order chi connectivity index (χ1) is 22.4. The largest absolute Gasteiger partial charge is 0.506 e. The third-order valence-corrected chi connectivity index (χ3v) is 9.46. The Labute approximate surface area is 271 Å². The van der Waals surface area contributed by atoms with E-state index in [-0.39, 0.29) is 17.2 Å². The molecule has 0 aliphatic heterocycles. The second kappa shape index (κ2) is 16.4. The summed E-state index contributed by atoms with van der Waals surface area (Å²) >= 11 is 0. The quantitative estimate of drug-likeness (QED) is 0.0829. The van der Waals surface area contributed by atoms with E-state index >= 15 is 0 Å². The van der Waals surface area contributed by atoms with Gasteiger partial charge in [0.15, 0.2) is 5.60 Å². The van der Waals surface area contributed by atoms with Crippen molar-refractivity contribution in [3.05, 3.63) is 93.9 Å². The monoisotopic (exact) mass is 630 g/mol. The number of pyridine rings is 1. The molecule has 0 radical (unpaired) electrons. The molecule has 0 amide bonds. The van der Waals surface area contributed by atoms with Crippen molar-refractivity contribution in [1.82, 2.24) is 20.2 Å². The highest BCUT2D eigenvalue weighted by atomic mass is 16.4. The molecule has 1 unspecified atom stereocenters. The number of benzene rings is 2. The number of aromatic nitrogens is 2. The van der Waals surface area contributed by atoms with E-state index in [0.717, 1.165) is 69.4 Å². The molecule has 9 heteroatoms. The molecule has 2 aromatic heterocycles. The van der Waals surface area contributed by atoms with Crippen LogP contribution in [-0.2, 0) is 12.1 Å². The van der Waals surface area contributed by atoms with Crippen LogP contribution in [0, 0.1) is 5.92 Å². The minimum atomic E-state index is -1.18. The number of aliphatic hydroxyl groups is 2. The van der Waals surface area contributed by atoms with Crippen LogP contribution in [-0.4, -0.2) is 56.9 Å². The summed E-state index contributed by atoms with van der Waals surface area (Å²) in [6.07, 6.45) is 13.4. The standard InChI is InChI=1S/C37H50N4O5/c1-41(26-29-24-39-36(46-29)37(45,28-16-10-11-17-28)27-14-8-7-9-15-27)23-13-6-4-2-3-5-12-22-38-25-33(43)30-18-20-32(42)35-31(30)19-21-34(44)40-35/h7-9,14-15,18-21,24,28,33,38,42-43,45H,2-6,10-13,16-17,22-23,25-26H2,1H3,(H,40,44)/t33?,37-/m0/s1. The topological polar surface area (TPSA) is 135 Å². The molecular formula is C37H50N4O5. The molecule has 1 aliphatic carbocycles. The van der Waals surface area contributed by atoms with Crippen LogP contribution in [0.4, 0.5) is 0 Å². The predicted octanol–water partition coefficient (Wildman–Crippen LogP) is 6.13. The van der Waals surface area contributed by atoms with E-state index in [1.165, 1.54) is 37.8 Å². The molecule has 1 aliphatic rings. The molecular weight excluding hydrogens is 580 g/mol. The first-order valence-electron chi connectivity index (χ1n) is 17.0. The van der Waals surface area contributed by atoms with Crippen LogP contribution in [0.1, 0.15) is 99.5 Å². The fraction of sp³-hybridized carbons (Fsp3) is 0.514. The van der Waals surface area contributed by atoms with Crippen molar-refractivity contribution in [3.8, 4) is 5.75 Å². The number of hydrogen-bond donors (Lipinski definition) is 5. The number of fused-ring (bicyclic) bond motifs is 1. The number of nitrogens with zero attached hydrogens (tertiary/aromatic N) is 2. The van der Waals surface area contributed by atoms with Crippen molar-refractivity contribution < 1.29 is 19.7 Å². The summed E-state index contributed by atoms with van der Waals surface area (Å²) in [6, 6.07) is 16.1. The van der Waals surface area contributed by atoms with Gasteiger partial charge in [0.25, 0.3) is 0 Å². The van der Waals surface area contributed by atoms with Crippen LogP contribution in [0.5, 0.6) is 5.75 Å². The molecule has 5 N–H and O–H groups in total. The number of phenolic OH excluding ortho intramolecular Hbond substituents is 1. The van der Waals surface area contributed by atoms with E-state index < -0.39 is 11.7 Å². The van der Waals surface area contributed by atoms with Crippen molar-refractivity contribution >= 4 is 10.9 Å². The molecule has 9 nitrogen and oxygen atoms in total. The van der Waals surface area contributed by atoms with Gasteiger partial charge in [-0.25, -0.2) is 4.98 Å². The summed E-state index contributed by atoms with van der Waals surface area (Å²) < 4.78 is 6.20. The Morgan fingerprint density at radius 1 is 1.00 bits per heavy atom. The number of rotatable bonds is 18. The molecule has 0 bridgehead atoms. The first-order valence-corrected chi connectivity index (χ1v) is 17.0. The maximum absolute atomic E-state index is 11.9. The van der Waals surface area contributed by atoms with E-state index in [9.17, 15) is 20.1 Å². The Hall–Kier alpha value is -3.50. The van der Waals surface area contributed by atoms with Crippen molar-refractivity contribution in [2.75, 3.05) is 26.7 Å². The average molecular weight is 631 g/mol. The van der Waals surface area contributed by atoms with Gasteiger partial charge in [0.05, 0.1) is 24.4 Å². The maximum Gasteiger partial charge on any atom is 0.248 e. The highest BCUT2D eigenvalue weighted by molar-refractivity contribution is 5.87. The van der Waals surface area contributed by atoms with Gasteiger partial charge in [-0.2, -0.15) is 0 Å². The van der Waals surface area contributed by atoms with Crippen molar-refractivity contribution in [1.29, 1.82) is 0 Å². The Balaban J connectivity index is 0.939. The molecule has 0 saturated heterocycles. The summed E-state index contributed by atoms with van der Waals surface area (Å²) in [5, 5.41) is 36.6. The van der Waals surface area contributed by atoms with Gasteiger partial charge >= 0.3 is 0 Å². The number of hydrogen-bond acceptors (Lipinski definition) is 8. The van der Waals surface area contributed by atoms with Gasteiger partial charge in [-0.1, -0.05) is 81.3 Å². The van der Waals surface area contributed by atoms with Gasteiger partial charge < -0.3 is 30.0 Å². The molecule has 0 spiro atoms. The van der Waals surface area contributed by atoms with Crippen LogP contribution >= 0.6 is 0 Å². The molecule has 46 heavy (non-hydrogen) atoms. The number of phenols is 1. The molecule has 248 valence electrons. The van der Waals surface area contributed by atoms with Gasteiger partial charge in [0.1, 0.15) is 11.5 Å². The summed E-state index contributed by atoms with van der Waals surface area (Å²) in [5.41, 5.74) is 0.427. The van der Waals surface area contributed by atoms with E-state index in [4.69, 9.17) is 4.42 Å². The van der Waals surface area contributed by atoms with Crippen LogP contribution < -0.4 is 10.9 Å². The van der Waals surface area contributed by atoms with Gasteiger partial charge in [-0.15, -0.1) is 0 Å². The summed E-state index contributed by atoms with van der Waals surface area (Å²) in [7, 11) is 2.11. The van der Waals surface area contributed by atoms with Gasteiger partial charge in [-0.3, -0.25) is 9.69 Å². The fourth-order valence-electron chi connectivity index (χ4n) is 6.89. The Morgan fingerprint density at radius 3 is 2.48 bits per heavy atom. The zero-order valence-electron chi connectivity index (χ0n) is 27.1. The first kappa shape index (κ1) is 33.9. The SMILES string of the molecule is CN(CCCCCCCCCNCC(O)c1ccc(O)c2[nH]c(=O)ccc12)Cc1cnc([C@](O)(c2ccccc2)C2CCCC2)o1. The lowest BCUT2D eigenvalue weighted by atomic mass is 9.80. The predicted molar refractivity (Wildman–Crippen MR) is 181 cm³/mol. The Kier molecular flexibility index (Phi) is 12.0. The minimum Gasteiger partial charge on any atom is -0.506 e. The number of aliphatic hydroxyl groups excluding tert-OH is 1. The maximum atomic E-state index is 11.9. The lowest BCUT2D eigenvalue weighted by Gasteiger charge is -2.31. The average Bonchev–Trinajstić information content (AvgIpc) is 3.78. The lowest BCUT2D eigenvalue weighted by Crippen LogP contribution is -2.35. The number of unbranched alkanes of at least 4 members (excludes halogenated alkanes) is 6. The number of aromatic amines is 1. The lowest BCUT2D eigenvalue weighted by molar-refractivity contribution is -0.00726. The fourth-order valence-corrected chi connectivity index (χ4v) is 6.89. The smallest absolute Gasteiger partial charge is 0.248 e. The molecule has 1 fully saturated rings. The molecule has 1 saturated carbocycles. The number of H-pyrrole nitrogens is 1. The highest BCUT2D eigenvalue weighted by Gasteiger charge is 2.45.